The fourth-order valence-electron chi connectivity index (χ4n) is 3.84. The number of hydrogen-bond acceptors (Lipinski definition) is 8. The molecule has 8 nitrogen and oxygen atoms in total. The first-order chi connectivity index (χ1) is 20.4. The van der Waals surface area contributed by atoms with Gasteiger partial charge in [0.1, 0.15) is 23.0 Å². The van der Waals surface area contributed by atoms with Crippen LogP contribution in [0.1, 0.15) is 71.7 Å². The quantitative estimate of drug-likeness (QED) is 0.0718. The fourth-order valence-corrected chi connectivity index (χ4v) is 3.84. The third-order valence-electron chi connectivity index (χ3n) is 6.22. The Kier molecular flexibility index (Phi) is 13.1. The Labute approximate surface area is 247 Å². The molecular weight excluding hydrogens is 536 g/mol. The molecule has 0 atom stereocenters. The molecule has 0 radical (unpaired) electrons. The highest BCUT2D eigenvalue weighted by Gasteiger charge is 2.14. The highest BCUT2D eigenvalue weighted by atomic mass is 16.5. The maximum absolute atomic E-state index is 12.7. The molecule has 0 aromatic heterocycles. The lowest BCUT2D eigenvalue weighted by atomic mass is 10.2. The topological polar surface area (TPSA) is 97.4 Å². The van der Waals surface area contributed by atoms with Crippen molar-refractivity contribution in [3.8, 4) is 23.0 Å². The smallest absolute Gasteiger partial charge is 0.343 e. The van der Waals surface area contributed by atoms with Gasteiger partial charge in [0.2, 0.25) is 0 Å². The number of carbonyl (C=O) groups is 3. The Hall–Kier alpha value is -4.59. The zero-order valence-electron chi connectivity index (χ0n) is 24.3. The van der Waals surface area contributed by atoms with Crippen LogP contribution in [-0.2, 0) is 9.53 Å². The van der Waals surface area contributed by atoms with Crippen LogP contribution in [0.2, 0.25) is 0 Å². The fraction of sp³-hybridized carbons (Fsp3) is 0.324. The highest BCUT2D eigenvalue weighted by Crippen LogP contribution is 2.26. The van der Waals surface area contributed by atoms with E-state index in [4.69, 9.17) is 23.7 Å². The van der Waals surface area contributed by atoms with Crippen molar-refractivity contribution in [1.82, 2.24) is 0 Å². The Bertz CT molecular complexity index is 1310. The van der Waals surface area contributed by atoms with Gasteiger partial charge < -0.3 is 23.7 Å². The van der Waals surface area contributed by atoms with E-state index in [0.717, 1.165) is 18.9 Å². The van der Waals surface area contributed by atoms with E-state index in [9.17, 15) is 14.4 Å². The van der Waals surface area contributed by atoms with E-state index in [1.54, 1.807) is 73.7 Å². The van der Waals surface area contributed by atoms with Crippen LogP contribution >= 0.6 is 0 Å². The second-order valence-electron chi connectivity index (χ2n) is 9.59. The highest BCUT2D eigenvalue weighted by molar-refractivity contribution is 5.92. The Morgan fingerprint density at radius 1 is 0.667 bits per heavy atom. The molecule has 222 valence electrons. The Morgan fingerprint density at radius 3 is 1.74 bits per heavy atom. The summed E-state index contributed by atoms with van der Waals surface area (Å²) in [6.45, 7) is 8.69. The van der Waals surface area contributed by atoms with Gasteiger partial charge in [-0.2, -0.15) is 0 Å². The molecule has 0 unspecified atom stereocenters. The van der Waals surface area contributed by atoms with E-state index in [0.29, 0.717) is 72.4 Å². The second-order valence-corrected chi connectivity index (χ2v) is 9.59. The van der Waals surface area contributed by atoms with E-state index in [-0.39, 0.29) is 0 Å². The number of unbranched alkanes of at least 4 members (excludes halogenated alkanes) is 4. The molecule has 3 rings (SSSR count). The summed E-state index contributed by atoms with van der Waals surface area (Å²) in [5.74, 6) is 0.573. The number of esters is 3. The summed E-state index contributed by atoms with van der Waals surface area (Å²) in [5, 5.41) is 0. The molecule has 0 fully saturated rings. The van der Waals surface area contributed by atoms with Gasteiger partial charge in [0.15, 0.2) is 0 Å². The summed E-state index contributed by atoms with van der Waals surface area (Å²) in [7, 11) is 0. The van der Waals surface area contributed by atoms with Gasteiger partial charge in [0.05, 0.1) is 30.9 Å². The van der Waals surface area contributed by atoms with E-state index in [1.807, 2.05) is 0 Å². The Morgan fingerprint density at radius 2 is 1.19 bits per heavy atom. The van der Waals surface area contributed by atoms with Crippen molar-refractivity contribution in [2.45, 2.75) is 52.4 Å². The summed E-state index contributed by atoms with van der Waals surface area (Å²) in [6.07, 6.45) is 7.03. The van der Waals surface area contributed by atoms with Crippen molar-refractivity contribution >= 4 is 17.9 Å². The Balaban J connectivity index is 1.44. The maximum atomic E-state index is 12.7. The molecule has 3 aromatic carbocycles. The van der Waals surface area contributed by atoms with Gasteiger partial charge in [-0.1, -0.05) is 32.8 Å². The maximum Gasteiger partial charge on any atom is 0.343 e. The minimum Gasteiger partial charge on any atom is -0.494 e. The molecular formula is C34H38O8. The van der Waals surface area contributed by atoms with Crippen LogP contribution in [0.3, 0.4) is 0 Å². The molecule has 8 heteroatoms. The van der Waals surface area contributed by atoms with E-state index in [2.05, 4.69) is 13.5 Å². The van der Waals surface area contributed by atoms with Crippen molar-refractivity contribution in [3.05, 3.63) is 96.1 Å². The minimum atomic E-state index is -0.522. The molecule has 0 amide bonds. The normalized spacial score (nSPS) is 10.4. The largest absolute Gasteiger partial charge is 0.494 e. The van der Waals surface area contributed by atoms with Crippen molar-refractivity contribution in [2.24, 2.45) is 0 Å². The van der Waals surface area contributed by atoms with Crippen molar-refractivity contribution < 1.29 is 38.1 Å². The second kappa shape index (κ2) is 17.3. The third kappa shape index (κ3) is 10.8. The van der Waals surface area contributed by atoms with Crippen molar-refractivity contribution in [3.63, 3.8) is 0 Å². The molecule has 42 heavy (non-hydrogen) atoms. The molecule has 0 saturated carbocycles. The number of ether oxygens (including phenoxy) is 5. The summed E-state index contributed by atoms with van der Waals surface area (Å²) >= 11 is 0. The molecule has 0 saturated heterocycles. The van der Waals surface area contributed by atoms with Crippen LogP contribution < -0.4 is 18.9 Å². The van der Waals surface area contributed by atoms with E-state index >= 15 is 0 Å². The summed E-state index contributed by atoms with van der Waals surface area (Å²) in [5.41, 5.74) is 1.41. The zero-order valence-corrected chi connectivity index (χ0v) is 24.3. The van der Waals surface area contributed by atoms with Crippen molar-refractivity contribution in [2.75, 3.05) is 19.8 Å². The molecule has 0 aliphatic heterocycles. The van der Waals surface area contributed by atoms with Gasteiger partial charge in [-0.15, -0.1) is 0 Å². The monoisotopic (exact) mass is 574 g/mol. The molecule has 3 aromatic rings. The zero-order chi connectivity index (χ0) is 30.2. The number of hydrogen-bond donors (Lipinski definition) is 0. The average Bonchev–Trinajstić information content (AvgIpc) is 3.00. The molecule has 0 aliphatic rings. The molecule has 0 spiro atoms. The standard InChI is InChI=1S/C34H38O8/c1-4-6-7-8-21-38-28-15-11-26(12-16-28)33(36)41-30-19-20-31(25(3)24-30)42-34(37)27-13-17-29(18-14-27)39-22-9-10-23-40-32(35)5-2/h5,11-20,24H,2,4,6-10,21-23H2,1,3H3. The lowest BCUT2D eigenvalue weighted by Gasteiger charge is -2.11. The number of carbonyl (C=O) groups excluding carboxylic acids is 3. The predicted octanol–water partition coefficient (Wildman–Crippen LogP) is 7.28. The predicted molar refractivity (Wildman–Crippen MR) is 160 cm³/mol. The van der Waals surface area contributed by atoms with Crippen LogP contribution in [0.5, 0.6) is 23.0 Å². The summed E-state index contributed by atoms with van der Waals surface area (Å²) < 4.78 is 27.4. The van der Waals surface area contributed by atoms with Crippen molar-refractivity contribution in [1.29, 1.82) is 0 Å². The van der Waals surface area contributed by atoms with Gasteiger partial charge in [0, 0.05) is 6.08 Å². The average molecular weight is 575 g/mol. The van der Waals surface area contributed by atoms with E-state index < -0.39 is 17.9 Å². The minimum absolute atomic E-state index is 0.310. The molecule has 0 aliphatic carbocycles. The lowest BCUT2D eigenvalue weighted by Crippen LogP contribution is -2.11. The first-order valence-electron chi connectivity index (χ1n) is 14.2. The first-order valence-corrected chi connectivity index (χ1v) is 14.2. The van der Waals surface area contributed by atoms with Gasteiger partial charge >= 0.3 is 17.9 Å². The molecule has 0 heterocycles. The first kappa shape index (κ1) is 31.9. The van der Waals surface area contributed by atoms with Gasteiger partial charge in [-0.05, 0) is 98.5 Å². The van der Waals surface area contributed by atoms with Gasteiger partial charge in [0.25, 0.3) is 0 Å². The number of aryl methyl sites for hydroxylation is 1. The van der Waals surface area contributed by atoms with Crippen LogP contribution in [0.4, 0.5) is 0 Å². The van der Waals surface area contributed by atoms with Crippen LogP contribution in [0.15, 0.2) is 79.4 Å². The van der Waals surface area contributed by atoms with Crippen LogP contribution in [-0.4, -0.2) is 37.7 Å². The number of rotatable bonds is 17. The van der Waals surface area contributed by atoms with Gasteiger partial charge in [-0.25, -0.2) is 14.4 Å². The molecule has 0 N–H and O–H groups in total. The van der Waals surface area contributed by atoms with Gasteiger partial charge in [-0.3, -0.25) is 0 Å². The van der Waals surface area contributed by atoms with E-state index in [1.165, 1.54) is 12.8 Å². The number of benzene rings is 3. The lowest BCUT2D eigenvalue weighted by molar-refractivity contribution is -0.137. The van der Waals surface area contributed by atoms with Crippen LogP contribution in [0.25, 0.3) is 0 Å². The third-order valence-corrected chi connectivity index (χ3v) is 6.22. The SMILES string of the molecule is C=CC(=O)OCCCCOc1ccc(C(=O)Oc2ccc(OC(=O)c3ccc(OCCCCCC)cc3)cc2C)cc1. The summed E-state index contributed by atoms with van der Waals surface area (Å²) in [6, 6.07) is 18.3. The summed E-state index contributed by atoms with van der Waals surface area (Å²) in [4.78, 5) is 36.3. The molecule has 0 bridgehead atoms. The van der Waals surface area contributed by atoms with Crippen LogP contribution in [0, 0.1) is 6.92 Å².